The van der Waals surface area contributed by atoms with Crippen molar-refractivity contribution in [1.82, 2.24) is 9.88 Å². The van der Waals surface area contributed by atoms with Crippen molar-refractivity contribution in [3.63, 3.8) is 0 Å². The summed E-state index contributed by atoms with van der Waals surface area (Å²) in [4.78, 5) is 23.3. The number of amides is 1. The number of thiophene rings is 1. The number of hydrogen-bond donors (Lipinski definition) is 1. The highest BCUT2D eigenvalue weighted by Gasteiger charge is 2.36. The summed E-state index contributed by atoms with van der Waals surface area (Å²) in [6.45, 7) is 1.08. The van der Waals surface area contributed by atoms with Crippen LogP contribution in [0.5, 0.6) is 0 Å². The molecule has 0 unspecified atom stereocenters. The second-order valence-electron chi connectivity index (χ2n) is 4.28. The molecule has 0 saturated carbocycles. The number of carbonyl (C=O) groups excluding carboxylic acids is 1. The summed E-state index contributed by atoms with van der Waals surface area (Å²) in [6.07, 6.45) is -4.65. The topological polar surface area (TPSA) is 51.1 Å². The van der Waals surface area contributed by atoms with Crippen molar-refractivity contribution >= 4 is 28.6 Å². The molecule has 0 saturated heterocycles. The van der Waals surface area contributed by atoms with E-state index < -0.39 is 29.2 Å². The van der Waals surface area contributed by atoms with Gasteiger partial charge >= 0.3 is 11.0 Å². The highest BCUT2D eigenvalue weighted by molar-refractivity contribution is 7.10. The molecule has 0 aromatic carbocycles. The van der Waals surface area contributed by atoms with Crippen LogP contribution in [0.2, 0.25) is 0 Å². The molecule has 4 nitrogen and oxygen atoms in total. The minimum Gasteiger partial charge on any atom is -0.347 e. The van der Waals surface area contributed by atoms with Crippen LogP contribution in [0, 0.1) is 0 Å². The van der Waals surface area contributed by atoms with Crippen molar-refractivity contribution in [3.8, 4) is 0 Å². The number of alkyl halides is 3. The van der Waals surface area contributed by atoms with Gasteiger partial charge in [-0.2, -0.15) is 13.2 Å². The standard InChI is InChI=1S/C12H11F3N2O2S2/c1-7(8-3-2-4-20-8)16-10(18)5-17-9(12(13,14)15)6-21-11(17)19/h2-4,6-7H,5H2,1H3,(H,16,18)/t7-/m0/s1. The van der Waals surface area contributed by atoms with E-state index in [-0.39, 0.29) is 6.04 Å². The minimum atomic E-state index is -4.65. The Balaban J connectivity index is 2.10. The first kappa shape index (κ1) is 15.8. The number of carbonyl (C=O) groups is 1. The van der Waals surface area contributed by atoms with Crippen LogP contribution < -0.4 is 10.2 Å². The lowest BCUT2D eigenvalue weighted by Gasteiger charge is -2.14. The average Bonchev–Trinajstić information content (AvgIpc) is 2.99. The van der Waals surface area contributed by atoms with E-state index in [9.17, 15) is 22.8 Å². The lowest BCUT2D eigenvalue weighted by atomic mass is 10.3. The van der Waals surface area contributed by atoms with E-state index >= 15 is 0 Å². The van der Waals surface area contributed by atoms with Gasteiger partial charge in [0.1, 0.15) is 12.2 Å². The van der Waals surface area contributed by atoms with E-state index in [2.05, 4.69) is 5.32 Å². The molecule has 0 aliphatic carbocycles. The Hall–Kier alpha value is -1.61. The minimum absolute atomic E-state index is 0.318. The molecule has 9 heteroatoms. The Kier molecular flexibility index (Phi) is 4.52. The molecule has 2 aromatic heterocycles. The Labute approximate surface area is 125 Å². The summed E-state index contributed by atoms with van der Waals surface area (Å²) in [5.74, 6) is -0.637. The highest BCUT2D eigenvalue weighted by atomic mass is 32.1. The van der Waals surface area contributed by atoms with Crippen molar-refractivity contribution in [2.45, 2.75) is 25.7 Å². The fraction of sp³-hybridized carbons (Fsp3) is 0.333. The van der Waals surface area contributed by atoms with Gasteiger partial charge in [-0.15, -0.1) is 11.3 Å². The summed E-state index contributed by atoms with van der Waals surface area (Å²) < 4.78 is 38.6. The second-order valence-corrected chi connectivity index (χ2v) is 6.08. The molecule has 1 atom stereocenters. The van der Waals surface area contributed by atoms with Gasteiger partial charge in [-0.3, -0.25) is 14.2 Å². The average molecular weight is 336 g/mol. The predicted molar refractivity (Wildman–Crippen MR) is 74.5 cm³/mol. The maximum atomic E-state index is 12.7. The first-order chi connectivity index (χ1) is 9.79. The smallest absolute Gasteiger partial charge is 0.347 e. The van der Waals surface area contributed by atoms with E-state index in [1.165, 1.54) is 11.3 Å². The van der Waals surface area contributed by atoms with Crippen LogP contribution in [0.4, 0.5) is 13.2 Å². The Bertz CT molecular complexity index is 673. The SMILES string of the molecule is C[C@H](NC(=O)Cn1c(C(F)(F)F)csc1=O)c1cccs1. The fourth-order valence-corrected chi connectivity index (χ4v) is 3.24. The molecular formula is C12H11F3N2O2S2. The fourth-order valence-electron chi connectivity index (χ4n) is 1.74. The molecule has 0 aliphatic heterocycles. The second kappa shape index (κ2) is 6.02. The number of halogens is 3. The van der Waals surface area contributed by atoms with Gasteiger partial charge < -0.3 is 5.32 Å². The van der Waals surface area contributed by atoms with Gasteiger partial charge in [-0.25, -0.2) is 0 Å². The van der Waals surface area contributed by atoms with Gasteiger partial charge in [0.25, 0.3) is 0 Å². The van der Waals surface area contributed by atoms with Crippen LogP contribution in [0.25, 0.3) is 0 Å². The molecule has 0 aliphatic rings. The molecule has 0 bridgehead atoms. The summed E-state index contributed by atoms with van der Waals surface area (Å²) >= 11 is 1.86. The largest absolute Gasteiger partial charge is 0.432 e. The van der Waals surface area contributed by atoms with Gasteiger partial charge in [0.15, 0.2) is 0 Å². The van der Waals surface area contributed by atoms with Crippen molar-refractivity contribution < 1.29 is 18.0 Å². The lowest BCUT2D eigenvalue weighted by molar-refractivity contribution is -0.144. The molecule has 0 spiro atoms. The number of aromatic nitrogens is 1. The molecule has 0 fully saturated rings. The molecule has 114 valence electrons. The van der Waals surface area contributed by atoms with E-state index in [0.29, 0.717) is 15.9 Å². The summed E-state index contributed by atoms with van der Waals surface area (Å²) in [5.41, 5.74) is -1.10. The molecule has 2 aromatic rings. The van der Waals surface area contributed by atoms with Gasteiger partial charge in [0.2, 0.25) is 5.91 Å². The van der Waals surface area contributed by atoms with Crippen LogP contribution in [0.15, 0.2) is 27.7 Å². The van der Waals surface area contributed by atoms with E-state index in [0.717, 1.165) is 10.3 Å². The van der Waals surface area contributed by atoms with Crippen molar-refractivity contribution in [2.75, 3.05) is 0 Å². The van der Waals surface area contributed by atoms with E-state index in [1.54, 1.807) is 6.92 Å². The van der Waals surface area contributed by atoms with Crippen LogP contribution >= 0.6 is 22.7 Å². The lowest BCUT2D eigenvalue weighted by Crippen LogP contribution is -2.34. The van der Waals surface area contributed by atoms with Gasteiger partial charge in [0, 0.05) is 10.3 Å². The number of hydrogen-bond acceptors (Lipinski definition) is 4. The zero-order valence-electron chi connectivity index (χ0n) is 10.8. The number of nitrogens with zero attached hydrogens (tertiary/aromatic N) is 1. The Morgan fingerprint density at radius 1 is 1.43 bits per heavy atom. The third-order valence-electron chi connectivity index (χ3n) is 2.72. The first-order valence-electron chi connectivity index (χ1n) is 5.87. The van der Waals surface area contributed by atoms with E-state index in [1.807, 2.05) is 17.5 Å². The van der Waals surface area contributed by atoms with Crippen LogP contribution in [0.1, 0.15) is 23.5 Å². The number of nitrogens with one attached hydrogen (secondary N) is 1. The summed E-state index contributed by atoms with van der Waals surface area (Å²) in [5, 5.41) is 5.13. The van der Waals surface area contributed by atoms with Crippen LogP contribution in [-0.4, -0.2) is 10.5 Å². The molecule has 2 rings (SSSR count). The molecule has 2 heterocycles. The maximum absolute atomic E-state index is 12.7. The first-order valence-corrected chi connectivity index (χ1v) is 7.63. The third-order valence-corrected chi connectivity index (χ3v) is 4.54. The quantitative estimate of drug-likeness (QED) is 0.933. The van der Waals surface area contributed by atoms with Crippen LogP contribution in [0.3, 0.4) is 0 Å². The summed E-state index contributed by atoms with van der Waals surface area (Å²) in [7, 11) is 0. The van der Waals surface area contributed by atoms with Crippen LogP contribution in [-0.2, 0) is 17.5 Å². The maximum Gasteiger partial charge on any atom is 0.432 e. The Morgan fingerprint density at radius 3 is 2.71 bits per heavy atom. The zero-order valence-corrected chi connectivity index (χ0v) is 12.4. The van der Waals surface area contributed by atoms with Crippen molar-refractivity contribution in [2.24, 2.45) is 0 Å². The van der Waals surface area contributed by atoms with Crippen molar-refractivity contribution in [1.29, 1.82) is 0 Å². The van der Waals surface area contributed by atoms with E-state index in [4.69, 9.17) is 0 Å². The van der Waals surface area contributed by atoms with Crippen molar-refractivity contribution in [3.05, 3.63) is 43.1 Å². The normalized spacial score (nSPS) is 13.1. The summed E-state index contributed by atoms with van der Waals surface area (Å²) in [6, 6.07) is 3.31. The molecular weight excluding hydrogens is 325 g/mol. The predicted octanol–water partition coefficient (Wildman–Crippen LogP) is 2.87. The van der Waals surface area contributed by atoms with Gasteiger partial charge in [0.05, 0.1) is 6.04 Å². The van der Waals surface area contributed by atoms with Gasteiger partial charge in [-0.1, -0.05) is 17.4 Å². The third kappa shape index (κ3) is 3.73. The number of thiazole rings is 1. The zero-order chi connectivity index (χ0) is 15.6. The highest BCUT2D eigenvalue weighted by Crippen LogP contribution is 2.29. The number of rotatable bonds is 4. The molecule has 0 radical (unpaired) electrons. The Morgan fingerprint density at radius 2 is 2.14 bits per heavy atom. The monoisotopic (exact) mass is 336 g/mol. The molecule has 21 heavy (non-hydrogen) atoms. The molecule has 1 N–H and O–H groups in total. The van der Waals surface area contributed by atoms with Gasteiger partial charge in [-0.05, 0) is 18.4 Å². The molecule has 1 amide bonds.